The van der Waals surface area contributed by atoms with Crippen LogP contribution in [0.2, 0.25) is 0 Å². The SMILES string of the molecule is Cc1ccc(O)c(N=Nc2ccc3cc(S(=O)(=O)O)c(N=Nc4cc(S(=O)(=O)O)cc([N+](=O)[O-])c4O)c(O)c3c2)c1. The molecule has 4 aromatic carbocycles. The van der Waals surface area contributed by atoms with Gasteiger partial charge in [0.1, 0.15) is 32.6 Å². The third kappa shape index (κ3) is 6.09. The van der Waals surface area contributed by atoms with E-state index >= 15 is 0 Å². The highest BCUT2D eigenvalue weighted by atomic mass is 32.2. The van der Waals surface area contributed by atoms with E-state index in [2.05, 4.69) is 20.5 Å². The van der Waals surface area contributed by atoms with E-state index in [4.69, 9.17) is 0 Å². The molecule has 0 radical (unpaired) electrons. The van der Waals surface area contributed by atoms with Crippen LogP contribution in [-0.4, -0.2) is 46.2 Å². The van der Waals surface area contributed by atoms with E-state index in [1.165, 1.54) is 24.3 Å². The lowest BCUT2D eigenvalue weighted by Gasteiger charge is -2.09. The van der Waals surface area contributed by atoms with Crippen LogP contribution in [0, 0.1) is 17.0 Å². The van der Waals surface area contributed by atoms with E-state index < -0.39 is 63.5 Å². The van der Waals surface area contributed by atoms with Gasteiger partial charge in [0.25, 0.3) is 20.2 Å². The number of rotatable bonds is 7. The Hall–Kier alpha value is -5.04. The first-order chi connectivity index (χ1) is 19.1. The first-order valence-corrected chi connectivity index (χ1v) is 13.8. The maximum atomic E-state index is 12.1. The fourth-order valence-electron chi connectivity index (χ4n) is 3.56. The summed E-state index contributed by atoms with van der Waals surface area (Å²) >= 11 is 0. The lowest BCUT2D eigenvalue weighted by Crippen LogP contribution is -2.00. The minimum Gasteiger partial charge on any atom is -0.506 e. The molecule has 0 unspecified atom stereocenters. The summed E-state index contributed by atoms with van der Waals surface area (Å²) in [5.74, 6) is -2.21. The van der Waals surface area contributed by atoms with Crippen molar-refractivity contribution in [2.75, 3.05) is 0 Å². The number of benzene rings is 4. The summed E-state index contributed by atoms with van der Waals surface area (Å²) in [5, 5.41) is 57.2. The Morgan fingerprint density at radius 2 is 1.44 bits per heavy atom. The molecule has 0 saturated heterocycles. The average Bonchev–Trinajstić information content (AvgIpc) is 2.88. The molecule has 0 aromatic heterocycles. The summed E-state index contributed by atoms with van der Waals surface area (Å²) in [6.07, 6.45) is 0. The molecule has 4 rings (SSSR count). The Morgan fingerprint density at radius 1 is 0.756 bits per heavy atom. The number of phenols is 3. The molecule has 0 saturated carbocycles. The molecular weight excluding hydrogens is 586 g/mol. The zero-order valence-corrected chi connectivity index (χ0v) is 22.1. The Labute approximate surface area is 230 Å². The normalized spacial score (nSPS) is 12.5. The van der Waals surface area contributed by atoms with E-state index in [0.29, 0.717) is 12.1 Å². The fraction of sp³-hybridized carbons (Fsp3) is 0.0435. The van der Waals surface area contributed by atoms with Crippen molar-refractivity contribution in [2.45, 2.75) is 16.7 Å². The second-order valence-corrected chi connectivity index (χ2v) is 11.2. The van der Waals surface area contributed by atoms with Crippen molar-refractivity contribution < 1.29 is 46.2 Å². The molecule has 0 atom stereocenters. The predicted octanol–water partition coefficient (Wildman–Crippen LogP) is 5.50. The summed E-state index contributed by atoms with van der Waals surface area (Å²) in [6.45, 7) is 1.77. The largest absolute Gasteiger partial charge is 0.506 e. The molecule has 0 bridgehead atoms. The van der Waals surface area contributed by atoms with Gasteiger partial charge in [-0.3, -0.25) is 19.2 Å². The quantitative estimate of drug-likeness (QED) is 0.0762. The number of azo groups is 2. The van der Waals surface area contributed by atoms with Crippen molar-refractivity contribution in [3.05, 3.63) is 70.3 Å². The molecular formula is C23H17N5O11S2. The molecule has 16 nitrogen and oxygen atoms in total. The zero-order valence-electron chi connectivity index (χ0n) is 20.4. The van der Waals surface area contributed by atoms with E-state index in [0.717, 1.165) is 11.6 Å². The number of nitro groups is 1. The summed E-state index contributed by atoms with van der Waals surface area (Å²) < 4.78 is 66.3. The van der Waals surface area contributed by atoms with Crippen molar-refractivity contribution in [1.82, 2.24) is 0 Å². The van der Waals surface area contributed by atoms with Crippen LogP contribution in [-0.2, 0) is 20.2 Å². The van der Waals surface area contributed by atoms with Gasteiger partial charge in [-0.25, -0.2) is 0 Å². The number of fused-ring (bicyclic) bond motifs is 1. The monoisotopic (exact) mass is 603 g/mol. The number of hydrogen-bond donors (Lipinski definition) is 5. The van der Waals surface area contributed by atoms with Crippen molar-refractivity contribution in [2.24, 2.45) is 20.5 Å². The van der Waals surface area contributed by atoms with Gasteiger partial charge in [0.05, 0.1) is 10.6 Å². The Kier molecular flexibility index (Phi) is 7.42. The summed E-state index contributed by atoms with van der Waals surface area (Å²) in [4.78, 5) is 8.07. The van der Waals surface area contributed by atoms with E-state index in [9.17, 15) is 51.4 Å². The first-order valence-electron chi connectivity index (χ1n) is 11.0. The van der Waals surface area contributed by atoms with E-state index in [-0.39, 0.29) is 27.9 Å². The van der Waals surface area contributed by atoms with E-state index in [1.54, 1.807) is 19.1 Å². The van der Waals surface area contributed by atoms with Crippen LogP contribution in [0.3, 0.4) is 0 Å². The van der Waals surface area contributed by atoms with Crippen LogP contribution in [0.1, 0.15) is 5.56 Å². The molecule has 4 aromatic rings. The lowest BCUT2D eigenvalue weighted by atomic mass is 10.1. The smallest absolute Gasteiger partial charge is 0.314 e. The molecule has 0 fully saturated rings. The van der Waals surface area contributed by atoms with Gasteiger partial charge in [0.15, 0.2) is 5.75 Å². The molecule has 0 spiro atoms. The van der Waals surface area contributed by atoms with Gasteiger partial charge >= 0.3 is 5.69 Å². The minimum atomic E-state index is -5.07. The van der Waals surface area contributed by atoms with Crippen molar-refractivity contribution >= 4 is 59.4 Å². The standard InChI is InChI=1S/C23H17N5O11S2/c1-11-2-5-19(29)16(6-11)25-24-13-4-3-12-7-20(41(37,38)39)21(22(30)15(12)8-13)27-26-17-9-14(40(34,35)36)10-18(23(17)31)28(32)33/h2-10,29-31H,1H3,(H,34,35,36)(H,37,38,39). The maximum absolute atomic E-state index is 12.1. The Balaban J connectivity index is 1.89. The van der Waals surface area contributed by atoms with Crippen LogP contribution in [0.4, 0.5) is 28.4 Å². The van der Waals surface area contributed by atoms with Crippen molar-refractivity contribution in [1.29, 1.82) is 0 Å². The van der Waals surface area contributed by atoms with E-state index in [1.807, 2.05) is 0 Å². The third-order valence-electron chi connectivity index (χ3n) is 5.51. The number of nitro benzene ring substituents is 1. The first kappa shape index (κ1) is 29.0. The molecule has 0 aliphatic rings. The van der Waals surface area contributed by atoms with Gasteiger partial charge in [-0.1, -0.05) is 12.1 Å². The van der Waals surface area contributed by atoms with Crippen molar-refractivity contribution in [3.63, 3.8) is 0 Å². The minimum absolute atomic E-state index is 0.0712. The highest BCUT2D eigenvalue weighted by Gasteiger charge is 2.26. The Bertz CT molecular complexity index is 2030. The van der Waals surface area contributed by atoms with Crippen LogP contribution in [0.5, 0.6) is 17.2 Å². The second kappa shape index (κ2) is 10.5. The van der Waals surface area contributed by atoms with Crippen molar-refractivity contribution in [3.8, 4) is 17.2 Å². The maximum Gasteiger partial charge on any atom is 0.314 e. The summed E-state index contributed by atoms with van der Waals surface area (Å²) in [5.41, 5.74) is -1.89. The van der Waals surface area contributed by atoms with Crippen LogP contribution in [0.15, 0.2) is 84.8 Å². The van der Waals surface area contributed by atoms with Gasteiger partial charge in [-0.15, -0.1) is 15.3 Å². The van der Waals surface area contributed by atoms with Crippen LogP contribution in [0.25, 0.3) is 10.8 Å². The molecule has 0 aliphatic heterocycles. The van der Waals surface area contributed by atoms with Gasteiger partial charge in [-0.2, -0.15) is 21.9 Å². The molecule has 5 N–H and O–H groups in total. The van der Waals surface area contributed by atoms with Crippen LogP contribution < -0.4 is 0 Å². The lowest BCUT2D eigenvalue weighted by molar-refractivity contribution is -0.386. The number of aromatic hydroxyl groups is 3. The number of hydrogen-bond acceptors (Lipinski definition) is 13. The number of aryl methyl sites for hydroxylation is 1. The molecule has 18 heteroatoms. The zero-order chi connectivity index (χ0) is 30.3. The third-order valence-corrected chi connectivity index (χ3v) is 7.21. The van der Waals surface area contributed by atoms with Gasteiger partial charge in [0, 0.05) is 11.5 Å². The van der Waals surface area contributed by atoms with Crippen LogP contribution >= 0.6 is 0 Å². The average molecular weight is 604 g/mol. The second-order valence-electron chi connectivity index (χ2n) is 8.39. The molecule has 0 amide bonds. The summed E-state index contributed by atoms with van der Waals surface area (Å²) in [6, 6.07) is 10.4. The number of phenolic OH excluding ortho intramolecular Hbond substituents is 3. The fourth-order valence-corrected chi connectivity index (χ4v) is 4.74. The molecule has 0 aliphatic carbocycles. The topological polar surface area (TPSA) is 262 Å². The molecule has 212 valence electrons. The molecule has 41 heavy (non-hydrogen) atoms. The summed E-state index contributed by atoms with van der Waals surface area (Å²) in [7, 11) is -10.1. The predicted molar refractivity (Wildman–Crippen MR) is 141 cm³/mol. The number of nitrogens with zero attached hydrogens (tertiary/aromatic N) is 5. The van der Waals surface area contributed by atoms with Gasteiger partial charge in [-0.05, 0) is 54.3 Å². The molecule has 0 heterocycles. The highest BCUT2D eigenvalue weighted by molar-refractivity contribution is 7.86. The Morgan fingerprint density at radius 3 is 2.07 bits per heavy atom. The van der Waals surface area contributed by atoms with Gasteiger partial charge < -0.3 is 15.3 Å². The highest BCUT2D eigenvalue weighted by Crippen LogP contribution is 2.44. The van der Waals surface area contributed by atoms with Gasteiger partial charge in [0.2, 0.25) is 5.75 Å².